The van der Waals surface area contributed by atoms with Crippen molar-refractivity contribution in [1.82, 2.24) is 0 Å². The van der Waals surface area contributed by atoms with Gasteiger partial charge in [-0.15, -0.1) is 23.2 Å². The van der Waals surface area contributed by atoms with Gasteiger partial charge in [0, 0.05) is 0 Å². The Morgan fingerprint density at radius 1 is 1.18 bits per heavy atom. The van der Waals surface area contributed by atoms with Crippen molar-refractivity contribution >= 4 is 58.0 Å². The fourth-order valence-corrected chi connectivity index (χ4v) is 2.18. The first-order valence-corrected chi connectivity index (χ1v) is 5.17. The van der Waals surface area contributed by atoms with Gasteiger partial charge in [0.15, 0.2) is 3.79 Å². The zero-order valence-electron chi connectivity index (χ0n) is 5.96. The smallest absolute Gasteiger partial charge is 0.105 e. The zero-order chi connectivity index (χ0) is 9.07. The Hall–Kier alpha value is 1.45. The van der Waals surface area contributed by atoms with E-state index in [1.54, 1.807) is 0 Å². The van der Waals surface area contributed by atoms with Crippen molar-refractivity contribution in [3.05, 3.63) is 0 Å². The average Bonchev–Trinajstić information content (AvgIpc) is 1.53. The molecule has 5 heteroatoms. The Kier molecular flexibility index (Phi) is 5.93. The fourth-order valence-electron chi connectivity index (χ4n) is 0.783. The van der Waals surface area contributed by atoms with Crippen LogP contribution in [0.2, 0.25) is 0 Å². The van der Waals surface area contributed by atoms with E-state index in [-0.39, 0.29) is 10.8 Å². The summed E-state index contributed by atoms with van der Waals surface area (Å²) in [4.78, 5) is -0.377. The molecular formula is C6H9Cl5. The van der Waals surface area contributed by atoms with Gasteiger partial charge in [-0.1, -0.05) is 41.7 Å². The molecule has 0 aromatic rings. The molecule has 0 aromatic carbocycles. The normalized spacial score (nSPS) is 15.5. The van der Waals surface area contributed by atoms with Crippen LogP contribution in [0.15, 0.2) is 0 Å². The molecule has 0 aliphatic heterocycles. The van der Waals surface area contributed by atoms with Crippen LogP contribution in [0.1, 0.15) is 19.8 Å². The van der Waals surface area contributed by atoms with Gasteiger partial charge >= 0.3 is 0 Å². The van der Waals surface area contributed by atoms with E-state index in [0.29, 0.717) is 12.8 Å². The van der Waals surface area contributed by atoms with Crippen molar-refractivity contribution in [3.8, 4) is 0 Å². The standard InChI is InChI=1S/C6H9Cl5/c1-4(2-5(7)8)3-6(9,10)11/h4-5H,2-3H2,1H3. The van der Waals surface area contributed by atoms with Gasteiger partial charge in [-0.2, -0.15) is 0 Å². The molecule has 0 fully saturated rings. The lowest BCUT2D eigenvalue weighted by Crippen LogP contribution is -2.11. The minimum absolute atomic E-state index is 0.225. The van der Waals surface area contributed by atoms with Crippen LogP contribution in [0.3, 0.4) is 0 Å². The third-order valence-electron chi connectivity index (χ3n) is 1.16. The van der Waals surface area contributed by atoms with Gasteiger partial charge in [-0.25, -0.2) is 0 Å². The predicted molar refractivity (Wildman–Crippen MR) is 54.2 cm³/mol. The van der Waals surface area contributed by atoms with Crippen molar-refractivity contribution in [2.45, 2.75) is 28.4 Å². The zero-order valence-corrected chi connectivity index (χ0v) is 9.74. The van der Waals surface area contributed by atoms with Crippen LogP contribution in [0, 0.1) is 5.92 Å². The summed E-state index contributed by atoms with van der Waals surface area (Å²) >= 11 is 27.7. The molecule has 0 amide bonds. The quantitative estimate of drug-likeness (QED) is 0.650. The van der Waals surface area contributed by atoms with E-state index < -0.39 is 3.79 Å². The molecular weight excluding hydrogens is 249 g/mol. The van der Waals surface area contributed by atoms with E-state index in [9.17, 15) is 0 Å². The van der Waals surface area contributed by atoms with Crippen molar-refractivity contribution in [1.29, 1.82) is 0 Å². The molecule has 11 heavy (non-hydrogen) atoms. The second-order valence-electron chi connectivity index (χ2n) is 2.55. The van der Waals surface area contributed by atoms with Gasteiger partial charge in [-0.05, 0) is 18.8 Å². The molecule has 1 unspecified atom stereocenters. The maximum Gasteiger partial charge on any atom is 0.190 e. The summed E-state index contributed by atoms with van der Waals surface area (Å²) in [6.45, 7) is 1.94. The van der Waals surface area contributed by atoms with Gasteiger partial charge < -0.3 is 0 Å². The van der Waals surface area contributed by atoms with Crippen LogP contribution in [0.5, 0.6) is 0 Å². The number of halogens is 5. The molecule has 0 spiro atoms. The third-order valence-corrected chi connectivity index (χ3v) is 1.98. The molecule has 0 aliphatic carbocycles. The van der Waals surface area contributed by atoms with Crippen molar-refractivity contribution in [2.75, 3.05) is 0 Å². The number of rotatable bonds is 3. The number of hydrogen-bond donors (Lipinski definition) is 0. The Balaban J connectivity index is 3.61. The number of alkyl halides is 5. The molecule has 0 rings (SSSR count). The van der Waals surface area contributed by atoms with Crippen molar-refractivity contribution in [3.63, 3.8) is 0 Å². The molecule has 0 radical (unpaired) electrons. The van der Waals surface area contributed by atoms with Crippen LogP contribution in [0.25, 0.3) is 0 Å². The summed E-state index contributed by atoms with van der Waals surface area (Å²) in [6, 6.07) is 0. The first-order valence-electron chi connectivity index (χ1n) is 3.16. The third kappa shape index (κ3) is 9.36. The average molecular weight is 258 g/mol. The highest BCUT2D eigenvalue weighted by Gasteiger charge is 2.23. The molecule has 0 bridgehead atoms. The molecule has 0 heterocycles. The maximum atomic E-state index is 5.56. The maximum absolute atomic E-state index is 5.56. The van der Waals surface area contributed by atoms with E-state index in [4.69, 9.17) is 58.0 Å². The van der Waals surface area contributed by atoms with Gasteiger partial charge in [0.2, 0.25) is 0 Å². The number of hydrogen-bond acceptors (Lipinski definition) is 0. The van der Waals surface area contributed by atoms with E-state index in [2.05, 4.69) is 0 Å². The summed E-state index contributed by atoms with van der Waals surface area (Å²) in [5, 5.41) is 0. The minimum atomic E-state index is -1.19. The Labute approximate surface area is 92.1 Å². The Bertz CT molecular complexity index is 106. The van der Waals surface area contributed by atoms with E-state index in [1.165, 1.54) is 0 Å². The molecule has 1 atom stereocenters. The lowest BCUT2D eigenvalue weighted by Gasteiger charge is -2.17. The van der Waals surface area contributed by atoms with Gasteiger partial charge in [-0.3, -0.25) is 0 Å². The SMILES string of the molecule is CC(CC(Cl)Cl)CC(Cl)(Cl)Cl. The highest BCUT2D eigenvalue weighted by molar-refractivity contribution is 6.67. The molecule has 68 valence electrons. The molecule has 0 aromatic heterocycles. The van der Waals surface area contributed by atoms with Gasteiger partial charge in [0.25, 0.3) is 0 Å². The largest absolute Gasteiger partial charge is 0.190 e. The molecule has 0 N–H and O–H groups in total. The lowest BCUT2D eigenvalue weighted by atomic mass is 10.1. The van der Waals surface area contributed by atoms with Crippen LogP contribution in [-0.4, -0.2) is 8.63 Å². The Morgan fingerprint density at radius 3 is 1.91 bits per heavy atom. The highest BCUT2D eigenvalue weighted by atomic mass is 35.6. The fraction of sp³-hybridized carbons (Fsp3) is 1.00. The monoisotopic (exact) mass is 256 g/mol. The van der Waals surface area contributed by atoms with Crippen molar-refractivity contribution in [2.24, 2.45) is 5.92 Å². The molecule has 0 saturated carbocycles. The highest BCUT2D eigenvalue weighted by Crippen LogP contribution is 2.35. The summed E-state index contributed by atoms with van der Waals surface area (Å²) < 4.78 is -1.19. The van der Waals surface area contributed by atoms with Crippen LogP contribution in [-0.2, 0) is 0 Å². The van der Waals surface area contributed by atoms with E-state index in [0.717, 1.165) is 0 Å². The summed E-state index contributed by atoms with van der Waals surface area (Å²) in [7, 11) is 0. The first-order chi connectivity index (χ1) is 4.81. The molecule has 0 nitrogen and oxygen atoms in total. The minimum Gasteiger partial charge on any atom is -0.105 e. The molecule has 0 aliphatic rings. The van der Waals surface area contributed by atoms with Crippen molar-refractivity contribution < 1.29 is 0 Å². The van der Waals surface area contributed by atoms with Crippen LogP contribution < -0.4 is 0 Å². The second-order valence-corrected chi connectivity index (χ2v) is 6.34. The summed E-state index contributed by atoms with van der Waals surface area (Å²) in [5.41, 5.74) is 0. The van der Waals surface area contributed by atoms with Gasteiger partial charge in [0.05, 0.1) is 0 Å². The van der Waals surface area contributed by atoms with Crippen LogP contribution >= 0.6 is 58.0 Å². The van der Waals surface area contributed by atoms with Gasteiger partial charge in [0.1, 0.15) is 4.84 Å². The van der Waals surface area contributed by atoms with Crippen LogP contribution in [0.4, 0.5) is 0 Å². The Morgan fingerprint density at radius 2 is 1.64 bits per heavy atom. The summed E-state index contributed by atoms with van der Waals surface area (Å²) in [5.74, 6) is 0.225. The summed E-state index contributed by atoms with van der Waals surface area (Å²) in [6.07, 6.45) is 1.13. The lowest BCUT2D eigenvalue weighted by molar-refractivity contribution is 0.516. The van der Waals surface area contributed by atoms with E-state index >= 15 is 0 Å². The first kappa shape index (κ1) is 12.4. The second kappa shape index (κ2) is 5.24. The van der Waals surface area contributed by atoms with E-state index in [1.807, 2.05) is 6.92 Å². The predicted octanol–water partition coefficient (Wildman–Crippen LogP) is 4.58. The topological polar surface area (TPSA) is 0 Å². The molecule has 0 saturated heterocycles.